The molecule has 136 valence electrons. The van der Waals surface area contributed by atoms with Gasteiger partial charge in [-0.3, -0.25) is 14.5 Å². The van der Waals surface area contributed by atoms with Crippen LogP contribution in [0, 0.1) is 23.2 Å². The molecule has 4 aliphatic rings. The highest BCUT2D eigenvalue weighted by atomic mass is 32.1. The summed E-state index contributed by atoms with van der Waals surface area (Å²) in [7, 11) is 0. The number of nitrogens with zero attached hydrogens (tertiary/aromatic N) is 2. The molecule has 0 radical (unpaired) electrons. The molecule has 1 aromatic rings. The Morgan fingerprint density at radius 2 is 1.84 bits per heavy atom. The average Bonchev–Trinajstić information content (AvgIpc) is 3.00. The highest BCUT2D eigenvalue weighted by Gasteiger charge is 2.55. The largest absolute Gasteiger partial charge is 0.459 e. The van der Waals surface area contributed by atoms with E-state index in [-0.39, 0.29) is 23.9 Å². The van der Waals surface area contributed by atoms with Crippen LogP contribution in [0.3, 0.4) is 0 Å². The summed E-state index contributed by atoms with van der Waals surface area (Å²) in [5.74, 6) is 2.17. The van der Waals surface area contributed by atoms with Gasteiger partial charge in [-0.25, -0.2) is 4.98 Å². The van der Waals surface area contributed by atoms with E-state index in [1.165, 1.54) is 37.5 Å². The number of aromatic nitrogens is 1. The van der Waals surface area contributed by atoms with Crippen LogP contribution in [0.25, 0.3) is 0 Å². The molecule has 0 saturated heterocycles. The molecular formula is C19H26N2O3S. The summed E-state index contributed by atoms with van der Waals surface area (Å²) in [5, 5.41) is 2.56. The maximum atomic E-state index is 12.9. The van der Waals surface area contributed by atoms with E-state index >= 15 is 0 Å². The molecule has 4 saturated carbocycles. The van der Waals surface area contributed by atoms with Crippen molar-refractivity contribution in [2.75, 3.05) is 11.4 Å². The van der Waals surface area contributed by atoms with Crippen molar-refractivity contribution in [1.29, 1.82) is 0 Å². The van der Waals surface area contributed by atoms with Crippen LogP contribution in [0.15, 0.2) is 5.38 Å². The molecule has 6 heteroatoms. The van der Waals surface area contributed by atoms with E-state index < -0.39 is 0 Å². The van der Waals surface area contributed by atoms with Gasteiger partial charge in [0.1, 0.15) is 6.61 Å². The number of ether oxygens (including phenoxy) is 1. The fourth-order valence-corrected chi connectivity index (χ4v) is 6.55. The molecule has 1 aromatic heterocycles. The van der Waals surface area contributed by atoms with Crippen LogP contribution in [-0.2, 0) is 20.9 Å². The van der Waals surface area contributed by atoms with Crippen LogP contribution in [0.4, 0.5) is 5.13 Å². The van der Waals surface area contributed by atoms with E-state index in [1.807, 2.05) is 12.3 Å². The van der Waals surface area contributed by atoms with Gasteiger partial charge in [0.15, 0.2) is 5.13 Å². The second-order valence-corrected chi connectivity index (χ2v) is 9.00. The zero-order valence-corrected chi connectivity index (χ0v) is 15.8. The van der Waals surface area contributed by atoms with Crippen molar-refractivity contribution in [1.82, 2.24) is 4.98 Å². The van der Waals surface area contributed by atoms with Crippen molar-refractivity contribution >= 4 is 28.3 Å². The van der Waals surface area contributed by atoms with Gasteiger partial charge in [-0.05, 0) is 63.2 Å². The number of thiazole rings is 1. The summed E-state index contributed by atoms with van der Waals surface area (Å²) in [6.07, 6.45) is 7.02. The molecule has 4 aliphatic carbocycles. The molecule has 1 amide bonds. The Bertz CT molecular complexity index is 649. The van der Waals surface area contributed by atoms with Gasteiger partial charge in [0.25, 0.3) is 0 Å². The minimum Gasteiger partial charge on any atom is -0.459 e. The first-order valence-electron chi connectivity index (χ1n) is 9.39. The van der Waals surface area contributed by atoms with E-state index in [4.69, 9.17) is 4.74 Å². The van der Waals surface area contributed by atoms with E-state index in [2.05, 4.69) is 4.98 Å². The van der Waals surface area contributed by atoms with Crippen LogP contribution in [-0.4, -0.2) is 23.4 Å². The molecule has 5 rings (SSSR count). The Labute approximate surface area is 152 Å². The lowest BCUT2D eigenvalue weighted by Gasteiger charge is -2.55. The van der Waals surface area contributed by atoms with Crippen molar-refractivity contribution in [3.8, 4) is 0 Å². The third kappa shape index (κ3) is 3.09. The summed E-state index contributed by atoms with van der Waals surface area (Å²) >= 11 is 1.42. The number of hydrogen-bond donors (Lipinski definition) is 0. The van der Waals surface area contributed by atoms with Crippen molar-refractivity contribution in [2.45, 2.75) is 59.0 Å². The summed E-state index contributed by atoms with van der Waals surface area (Å²) in [6, 6.07) is 0. The van der Waals surface area contributed by atoms with Crippen LogP contribution in [0.2, 0.25) is 0 Å². The first-order valence-corrected chi connectivity index (χ1v) is 10.3. The molecule has 4 bridgehead atoms. The standard InChI is InChI=1S/C19H26N2O3S/c1-3-21(12(2)22)18-20-16(11-25-18)10-24-17(23)19-7-13-4-14(8-19)6-15(5-13)9-19/h11,13-15H,3-10H2,1-2H3. The molecule has 0 aliphatic heterocycles. The van der Waals surface area contributed by atoms with Gasteiger partial charge >= 0.3 is 5.97 Å². The molecule has 0 N–H and O–H groups in total. The molecule has 4 fully saturated rings. The first kappa shape index (κ1) is 17.0. The van der Waals surface area contributed by atoms with Crippen LogP contribution < -0.4 is 4.90 Å². The lowest BCUT2D eigenvalue weighted by atomic mass is 9.49. The monoisotopic (exact) mass is 362 g/mol. The maximum Gasteiger partial charge on any atom is 0.312 e. The molecule has 1 heterocycles. The summed E-state index contributed by atoms with van der Waals surface area (Å²) < 4.78 is 5.70. The third-order valence-electron chi connectivity index (χ3n) is 6.29. The minimum absolute atomic E-state index is 0.0138. The van der Waals surface area contributed by atoms with Crippen molar-refractivity contribution in [3.05, 3.63) is 11.1 Å². The Morgan fingerprint density at radius 1 is 1.24 bits per heavy atom. The normalized spacial score (nSPS) is 32.6. The molecule has 5 nitrogen and oxygen atoms in total. The predicted octanol–water partition coefficient (Wildman–Crippen LogP) is 3.78. The number of anilines is 1. The average molecular weight is 362 g/mol. The Hall–Kier alpha value is -1.43. The number of carbonyl (C=O) groups is 2. The Morgan fingerprint density at radius 3 is 2.36 bits per heavy atom. The van der Waals surface area contributed by atoms with E-state index in [0.29, 0.717) is 11.7 Å². The Kier molecular flexibility index (Phi) is 4.34. The van der Waals surface area contributed by atoms with Gasteiger partial charge in [-0.15, -0.1) is 11.3 Å². The second kappa shape index (κ2) is 6.38. The Balaban J connectivity index is 1.40. The number of amides is 1. The second-order valence-electron chi connectivity index (χ2n) is 8.16. The third-order valence-corrected chi connectivity index (χ3v) is 7.20. The zero-order chi connectivity index (χ0) is 17.6. The summed E-state index contributed by atoms with van der Waals surface area (Å²) in [4.78, 5) is 30.6. The number of hydrogen-bond acceptors (Lipinski definition) is 5. The van der Waals surface area contributed by atoms with Crippen LogP contribution in [0.5, 0.6) is 0 Å². The lowest BCUT2D eigenvalue weighted by Crippen LogP contribution is -2.50. The first-order chi connectivity index (χ1) is 12.0. The van der Waals surface area contributed by atoms with E-state index in [1.54, 1.807) is 4.90 Å². The number of esters is 1. The molecule has 0 spiro atoms. The maximum absolute atomic E-state index is 12.9. The highest BCUT2D eigenvalue weighted by Crippen LogP contribution is 2.60. The smallest absolute Gasteiger partial charge is 0.312 e. The number of rotatable bonds is 5. The fraction of sp³-hybridized carbons (Fsp3) is 0.737. The van der Waals surface area contributed by atoms with Gasteiger partial charge in [0.05, 0.1) is 11.1 Å². The SMILES string of the molecule is CCN(C(C)=O)c1nc(COC(=O)C23CC4CC(CC(C4)C2)C3)cs1. The predicted molar refractivity (Wildman–Crippen MR) is 96.2 cm³/mol. The van der Waals surface area contributed by atoms with Gasteiger partial charge in [0, 0.05) is 18.8 Å². The van der Waals surface area contributed by atoms with Gasteiger partial charge < -0.3 is 4.74 Å². The fourth-order valence-electron chi connectivity index (χ4n) is 5.63. The van der Waals surface area contributed by atoms with Crippen LogP contribution >= 0.6 is 11.3 Å². The van der Waals surface area contributed by atoms with Crippen molar-refractivity contribution in [2.24, 2.45) is 23.2 Å². The highest BCUT2D eigenvalue weighted by molar-refractivity contribution is 7.14. The number of carbonyl (C=O) groups excluding carboxylic acids is 2. The zero-order valence-electron chi connectivity index (χ0n) is 15.0. The van der Waals surface area contributed by atoms with Gasteiger partial charge in [-0.1, -0.05) is 0 Å². The quantitative estimate of drug-likeness (QED) is 0.748. The minimum atomic E-state index is -0.220. The van der Waals surface area contributed by atoms with Gasteiger partial charge in [-0.2, -0.15) is 0 Å². The van der Waals surface area contributed by atoms with Crippen LogP contribution in [0.1, 0.15) is 58.1 Å². The molecular weight excluding hydrogens is 336 g/mol. The summed E-state index contributed by atoms with van der Waals surface area (Å²) in [5.41, 5.74) is 0.514. The molecule has 0 unspecified atom stereocenters. The van der Waals surface area contributed by atoms with E-state index in [9.17, 15) is 9.59 Å². The summed E-state index contributed by atoms with van der Waals surface area (Å²) in [6.45, 7) is 4.27. The molecule has 0 atom stereocenters. The van der Waals surface area contributed by atoms with Gasteiger partial charge in [0.2, 0.25) is 5.91 Å². The van der Waals surface area contributed by atoms with E-state index in [0.717, 1.165) is 42.7 Å². The van der Waals surface area contributed by atoms with Crippen molar-refractivity contribution < 1.29 is 14.3 Å². The van der Waals surface area contributed by atoms with Crippen molar-refractivity contribution in [3.63, 3.8) is 0 Å². The molecule has 0 aromatic carbocycles. The molecule has 25 heavy (non-hydrogen) atoms. The topological polar surface area (TPSA) is 59.5 Å². The lowest BCUT2D eigenvalue weighted by molar-refractivity contribution is -0.173.